The fraction of sp³-hybridized carbons (Fsp3) is 1.00. The highest BCUT2D eigenvalue weighted by Gasteiger charge is 2.50. The van der Waals surface area contributed by atoms with Crippen molar-refractivity contribution in [3.8, 4) is 0 Å². The molecule has 12 nitrogen and oxygen atoms in total. The first-order valence-corrected chi connectivity index (χ1v) is 14.1. The van der Waals surface area contributed by atoms with Crippen LogP contribution in [0.2, 0.25) is 0 Å². The zero-order chi connectivity index (χ0) is 27.9. The molecule has 0 radical (unpaired) electrons. The third kappa shape index (κ3) is 10.5. The molecule has 0 aromatic carbocycles. The molecule has 0 aromatic rings. The molecule has 2 fully saturated rings. The Kier molecular flexibility index (Phi) is 16.7. The molecule has 0 amide bonds. The fourth-order valence-corrected chi connectivity index (χ4v) is 4.71. The molecule has 2 aliphatic heterocycles. The number of unbranched alkanes of at least 4 members (excludes halogenated alkanes) is 9. The van der Waals surface area contributed by atoms with Gasteiger partial charge in [0.1, 0.15) is 48.8 Å². The van der Waals surface area contributed by atoms with Gasteiger partial charge in [-0.2, -0.15) is 0 Å². The normalized spacial score (nSPS) is 36.0. The second-order valence-corrected chi connectivity index (χ2v) is 10.2. The van der Waals surface area contributed by atoms with Crippen molar-refractivity contribution in [2.24, 2.45) is 0 Å². The third-order valence-electron chi connectivity index (χ3n) is 7.11. The van der Waals surface area contributed by atoms with Gasteiger partial charge < -0.3 is 59.4 Å². The summed E-state index contributed by atoms with van der Waals surface area (Å²) in [5, 5.41) is 70.2. The quantitative estimate of drug-likeness (QED) is 0.102. The molecule has 38 heavy (non-hydrogen) atoms. The maximum atomic E-state index is 10.6. The maximum Gasteiger partial charge on any atom is 0.187 e. The molecule has 2 saturated heterocycles. The molecule has 0 aromatic heterocycles. The lowest BCUT2D eigenvalue weighted by atomic mass is 9.97. The molecule has 0 unspecified atom stereocenters. The van der Waals surface area contributed by atoms with Gasteiger partial charge in [0, 0.05) is 6.61 Å². The van der Waals surface area contributed by atoms with Crippen LogP contribution in [0.3, 0.4) is 0 Å². The predicted octanol–water partition coefficient (Wildman–Crippen LogP) is -0.435. The molecule has 0 aliphatic carbocycles. The van der Waals surface area contributed by atoms with E-state index in [2.05, 4.69) is 6.92 Å². The Morgan fingerprint density at radius 2 is 1.11 bits per heavy atom. The van der Waals surface area contributed by atoms with Gasteiger partial charge in [0.15, 0.2) is 12.6 Å². The lowest BCUT2D eigenvalue weighted by Crippen LogP contribution is -2.64. The van der Waals surface area contributed by atoms with Gasteiger partial charge in [0.2, 0.25) is 0 Å². The lowest BCUT2D eigenvalue weighted by Gasteiger charge is -2.45. The lowest BCUT2D eigenvalue weighted by molar-refractivity contribution is -0.359. The molecule has 2 heterocycles. The van der Waals surface area contributed by atoms with Crippen LogP contribution in [0, 0.1) is 0 Å². The van der Waals surface area contributed by atoms with Crippen molar-refractivity contribution < 1.29 is 59.4 Å². The van der Waals surface area contributed by atoms with Gasteiger partial charge in [-0.05, 0) is 6.42 Å². The van der Waals surface area contributed by atoms with E-state index < -0.39 is 74.6 Å². The number of aliphatic hydroxyl groups is 7. The summed E-state index contributed by atoms with van der Waals surface area (Å²) in [6, 6.07) is 0. The largest absolute Gasteiger partial charge is 0.394 e. The topological polar surface area (TPSA) is 188 Å². The summed E-state index contributed by atoms with van der Waals surface area (Å²) < 4.78 is 27.5. The molecule has 0 spiro atoms. The van der Waals surface area contributed by atoms with Crippen LogP contribution in [0.15, 0.2) is 0 Å². The minimum Gasteiger partial charge on any atom is -0.394 e. The summed E-state index contributed by atoms with van der Waals surface area (Å²) in [6.07, 6.45) is -2.25. The monoisotopic (exact) mass is 554 g/mol. The summed E-state index contributed by atoms with van der Waals surface area (Å²) in [7, 11) is 0. The van der Waals surface area contributed by atoms with Crippen molar-refractivity contribution in [1.29, 1.82) is 0 Å². The summed E-state index contributed by atoms with van der Waals surface area (Å²) in [5.41, 5.74) is 0. The highest BCUT2D eigenvalue weighted by Crippen LogP contribution is 2.29. The molecule has 0 bridgehead atoms. The Balaban J connectivity index is 1.64. The van der Waals surface area contributed by atoms with Gasteiger partial charge in [0.05, 0.1) is 26.4 Å². The first-order chi connectivity index (χ1) is 18.3. The van der Waals surface area contributed by atoms with E-state index in [0.29, 0.717) is 6.61 Å². The minimum absolute atomic E-state index is 0.0998. The van der Waals surface area contributed by atoms with E-state index in [1.165, 1.54) is 51.4 Å². The number of hydrogen-bond donors (Lipinski definition) is 7. The SMILES string of the molecule is CCCCCCCCCCCCOCCO[C@H]1O[C@H](CO)[C@@H](O[C@H]2O[C@H](CO)[C@@H](O)[C@H](O)[C@H]2O)[C@H](O)[C@H]1O. The van der Waals surface area contributed by atoms with Gasteiger partial charge in [-0.1, -0.05) is 64.7 Å². The van der Waals surface area contributed by atoms with Crippen molar-refractivity contribution in [2.45, 2.75) is 133 Å². The molecular weight excluding hydrogens is 504 g/mol. The van der Waals surface area contributed by atoms with Gasteiger partial charge >= 0.3 is 0 Å². The van der Waals surface area contributed by atoms with E-state index in [1.807, 2.05) is 0 Å². The maximum absolute atomic E-state index is 10.6. The summed E-state index contributed by atoms with van der Waals surface area (Å²) >= 11 is 0. The standard InChI is InChI=1S/C26H50O12/c1-2-3-4-5-6-7-8-9-10-11-12-34-13-14-35-25-23(33)21(31)24(18(16-28)37-25)38-26-22(32)20(30)19(29)17(15-27)36-26/h17-33H,2-16H2,1H3/t17-,18-,19-,20+,21-,22-,23-,24-,25+,26-/m1/s1. The molecule has 7 N–H and O–H groups in total. The molecule has 2 rings (SSSR count). The van der Waals surface area contributed by atoms with Crippen LogP contribution in [-0.2, 0) is 23.7 Å². The molecule has 12 heteroatoms. The van der Waals surface area contributed by atoms with Gasteiger partial charge in [-0.25, -0.2) is 0 Å². The minimum atomic E-state index is -1.71. The van der Waals surface area contributed by atoms with Crippen LogP contribution >= 0.6 is 0 Å². The van der Waals surface area contributed by atoms with Crippen LogP contribution in [0.4, 0.5) is 0 Å². The summed E-state index contributed by atoms with van der Waals surface area (Å²) in [5.74, 6) is 0. The third-order valence-corrected chi connectivity index (χ3v) is 7.11. The number of aliphatic hydroxyl groups excluding tert-OH is 7. The second kappa shape index (κ2) is 18.8. The number of rotatable bonds is 19. The highest BCUT2D eigenvalue weighted by molar-refractivity contribution is 4.94. The van der Waals surface area contributed by atoms with Crippen LogP contribution in [0.1, 0.15) is 71.1 Å². The van der Waals surface area contributed by atoms with E-state index in [1.54, 1.807) is 0 Å². The van der Waals surface area contributed by atoms with Crippen molar-refractivity contribution in [2.75, 3.05) is 33.0 Å². The van der Waals surface area contributed by atoms with Crippen LogP contribution in [0.5, 0.6) is 0 Å². The average Bonchev–Trinajstić information content (AvgIpc) is 2.92. The number of ether oxygens (including phenoxy) is 5. The van der Waals surface area contributed by atoms with Gasteiger partial charge in [0.25, 0.3) is 0 Å². The van der Waals surface area contributed by atoms with Crippen molar-refractivity contribution in [3.63, 3.8) is 0 Å². The van der Waals surface area contributed by atoms with Crippen LogP contribution < -0.4 is 0 Å². The summed E-state index contributed by atoms with van der Waals surface area (Å²) in [6.45, 7) is 1.93. The Morgan fingerprint density at radius 3 is 1.71 bits per heavy atom. The first kappa shape index (κ1) is 33.7. The summed E-state index contributed by atoms with van der Waals surface area (Å²) in [4.78, 5) is 0. The smallest absolute Gasteiger partial charge is 0.187 e. The highest BCUT2D eigenvalue weighted by atomic mass is 16.7. The van der Waals surface area contributed by atoms with Crippen LogP contribution in [0.25, 0.3) is 0 Å². The molecule has 10 atom stereocenters. The molecule has 226 valence electrons. The Labute approximate surface area is 225 Å². The molecule has 0 saturated carbocycles. The van der Waals surface area contributed by atoms with Gasteiger partial charge in [-0.15, -0.1) is 0 Å². The van der Waals surface area contributed by atoms with Crippen molar-refractivity contribution in [1.82, 2.24) is 0 Å². The Bertz CT molecular complexity index is 595. The van der Waals surface area contributed by atoms with E-state index in [0.717, 1.165) is 12.8 Å². The molecule has 2 aliphatic rings. The van der Waals surface area contributed by atoms with E-state index in [4.69, 9.17) is 23.7 Å². The van der Waals surface area contributed by atoms with E-state index in [-0.39, 0.29) is 13.2 Å². The fourth-order valence-electron chi connectivity index (χ4n) is 4.71. The van der Waals surface area contributed by atoms with E-state index >= 15 is 0 Å². The van der Waals surface area contributed by atoms with Gasteiger partial charge in [-0.3, -0.25) is 0 Å². The van der Waals surface area contributed by atoms with Crippen LogP contribution in [-0.4, -0.2) is 130 Å². The zero-order valence-electron chi connectivity index (χ0n) is 22.6. The predicted molar refractivity (Wildman–Crippen MR) is 135 cm³/mol. The first-order valence-electron chi connectivity index (χ1n) is 14.1. The average molecular weight is 555 g/mol. The second-order valence-electron chi connectivity index (χ2n) is 10.2. The van der Waals surface area contributed by atoms with E-state index in [9.17, 15) is 35.7 Å². The van der Waals surface area contributed by atoms with Crippen molar-refractivity contribution in [3.05, 3.63) is 0 Å². The Morgan fingerprint density at radius 1 is 0.553 bits per heavy atom. The number of hydrogen-bond acceptors (Lipinski definition) is 12. The van der Waals surface area contributed by atoms with Crippen molar-refractivity contribution >= 4 is 0 Å². The Hall–Kier alpha value is -0.480. The molecular formula is C26H50O12. The zero-order valence-corrected chi connectivity index (χ0v) is 22.6.